The highest BCUT2D eigenvalue weighted by molar-refractivity contribution is 5.96. The third-order valence-corrected chi connectivity index (χ3v) is 7.00. The number of rotatable bonds is 8. The Kier molecular flexibility index (Phi) is 9.65. The van der Waals surface area contributed by atoms with E-state index >= 15 is 0 Å². The molecule has 1 unspecified atom stereocenters. The summed E-state index contributed by atoms with van der Waals surface area (Å²) in [5.41, 5.74) is 3.56. The number of aryl methyl sites for hydroxylation is 1. The Hall–Kier alpha value is -3.91. The Morgan fingerprint density at radius 2 is 1.93 bits per heavy atom. The monoisotopic (exact) mass is 573 g/mol. The summed E-state index contributed by atoms with van der Waals surface area (Å²) in [6.07, 6.45) is -0.714. The fraction of sp³-hybridized carbons (Fsp3) is 0.467. The molecule has 1 fully saturated rings. The van der Waals surface area contributed by atoms with Gasteiger partial charge < -0.3 is 24.8 Å². The number of hydrogen-bond acceptors (Lipinski definition) is 7. The lowest BCUT2D eigenvalue weighted by atomic mass is 9.88. The summed E-state index contributed by atoms with van der Waals surface area (Å²) in [6, 6.07) is 7.53. The first-order chi connectivity index (χ1) is 19.5. The van der Waals surface area contributed by atoms with E-state index in [-0.39, 0.29) is 30.4 Å². The number of carbonyl (C=O) groups excluding carboxylic acids is 2. The molecule has 8 nitrogen and oxygen atoms in total. The summed E-state index contributed by atoms with van der Waals surface area (Å²) in [7, 11) is 5.19. The van der Waals surface area contributed by atoms with Gasteiger partial charge in [-0.05, 0) is 74.7 Å². The molecule has 0 radical (unpaired) electrons. The minimum Gasteiger partial charge on any atom is -0.477 e. The van der Waals surface area contributed by atoms with Crippen LogP contribution in [0.15, 0.2) is 30.3 Å². The maximum atomic E-state index is 13.4. The molecule has 0 saturated heterocycles. The maximum Gasteiger partial charge on any atom is 0.573 e. The minimum atomic E-state index is -4.82. The lowest BCUT2D eigenvalue weighted by molar-refractivity contribution is -0.274. The molecular formula is C30H34F3N3O5. The first kappa shape index (κ1) is 30.1. The number of fused-ring (bicyclic) bond motifs is 1. The van der Waals surface area contributed by atoms with Crippen LogP contribution >= 0.6 is 0 Å². The van der Waals surface area contributed by atoms with Gasteiger partial charge >= 0.3 is 12.3 Å². The molecule has 2 aromatic rings. The maximum absolute atomic E-state index is 13.4. The lowest BCUT2D eigenvalue weighted by Gasteiger charge is -2.27. The van der Waals surface area contributed by atoms with E-state index in [0.29, 0.717) is 30.1 Å². The molecule has 0 aromatic heterocycles. The fourth-order valence-corrected chi connectivity index (χ4v) is 5.04. The Balaban J connectivity index is 1.59. The third kappa shape index (κ3) is 8.30. The Labute approximate surface area is 237 Å². The van der Waals surface area contributed by atoms with Crippen LogP contribution in [0.3, 0.4) is 0 Å². The zero-order valence-electron chi connectivity index (χ0n) is 23.3. The quantitative estimate of drug-likeness (QED) is 0.337. The van der Waals surface area contributed by atoms with Crippen molar-refractivity contribution in [1.29, 1.82) is 0 Å². The number of ether oxygens (including phenoxy) is 3. The van der Waals surface area contributed by atoms with Gasteiger partial charge in [0, 0.05) is 18.1 Å². The molecule has 2 N–H and O–H groups in total. The van der Waals surface area contributed by atoms with Crippen LogP contribution in [-0.4, -0.2) is 63.5 Å². The summed E-state index contributed by atoms with van der Waals surface area (Å²) < 4.78 is 52.4. The highest BCUT2D eigenvalue weighted by atomic mass is 19.4. The fourth-order valence-electron chi connectivity index (χ4n) is 5.04. The van der Waals surface area contributed by atoms with E-state index in [0.717, 1.165) is 42.9 Å². The zero-order chi connectivity index (χ0) is 29.6. The standard InChI is InChI=1S/C30H34F3N3O5/c1-36(2)14-6-9-21-15-23(19-7-4-5-8-19)20(10-13-28(37)39-3)16-24(21)35-29(38)27-18-34-25-17-22(41-30(31,32)33)11-12-26(25)40-27/h11-12,15-17,19,27,34H,4-5,7-8,10,13-14,18H2,1-3H3,(H,35,38). The van der Waals surface area contributed by atoms with E-state index in [1.165, 1.54) is 19.2 Å². The lowest BCUT2D eigenvalue weighted by Crippen LogP contribution is -2.41. The van der Waals surface area contributed by atoms with Crippen LogP contribution in [0.4, 0.5) is 24.5 Å². The van der Waals surface area contributed by atoms with Crippen molar-refractivity contribution in [3.8, 4) is 23.3 Å². The summed E-state index contributed by atoms with van der Waals surface area (Å²) in [4.78, 5) is 27.2. The number of benzene rings is 2. The molecule has 1 heterocycles. The molecule has 220 valence electrons. The Bertz CT molecular complexity index is 1330. The van der Waals surface area contributed by atoms with Gasteiger partial charge in [0.1, 0.15) is 11.5 Å². The molecule has 2 aromatic carbocycles. The van der Waals surface area contributed by atoms with Crippen LogP contribution in [0.5, 0.6) is 11.5 Å². The first-order valence-corrected chi connectivity index (χ1v) is 13.5. The van der Waals surface area contributed by atoms with E-state index in [9.17, 15) is 22.8 Å². The molecule has 11 heteroatoms. The number of amides is 1. The van der Waals surface area contributed by atoms with E-state index in [4.69, 9.17) is 9.47 Å². The number of alkyl halides is 3. The van der Waals surface area contributed by atoms with Crippen molar-refractivity contribution < 1.29 is 37.0 Å². The van der Waals surface area contributed by atoms with Gasteiger partial charge in [-0.25, -0.2) is 0 Å². The van der Waals surface area contributed by atoms with Crippen molar-refractivity contribution in [2.75, 3.05) is 44.9 Å². The molecule has 1 aliphatic heterocycles. The van der Waals surface area contributed by atoms with Gasteiger partial charge in [0.25, 0.3) is 5.91 Å². The van der Waals surface area contributed by atoms with E-state index in [1.807, 2.05) is 31.1 Å². The van der Waals surface area contributed by atoms with Crippen LogP contribution < -0.4 is 20.1 Å². The van der Waals surface area contributed by atoms with Gasteiger partial charge in [-0.1, -0.05) is 24.7 Å². The smallest absolute Gasteiger partial charge is 0.477 e. The minimum absolute atomic E-state index is 0.0330. The number of nitrogens with zero attached hydrogens (tertiary/aromatic N) is 1. The average Bonchev–Trinajstić information content (AvgIpc) is 3.46. The van der Waals surface area contributed by atoms with Crippen molar-refractivity contribution in [2.24, 2.45) is 0 Å². The van der Waals surface area contributed by atoms with Crippen molar-refractivity contribution in [3.63, 3.8) is 0 Å². The Morgan fingerprint density at radius 3 is 2.61 bits per heavy atom. The number of esters is 1. The molecule has 1 atom stereocenters. The topological polar surface area (TPSA) is 89.1 Å². The van der Waals surface area contributed by atoms with Gasteiger partial charge in [0.05, 0.1) is 31.6 Å². The molecule has 2 aliphatic rings. The van der Waals surface area contributed by atoms with Crippen molar-refractivity contribution in [3.05, 3.63) is 47.0 Å². The second-order valence-electron chi connectivity index (χ2n) is 10.4. The highest BCUT2D eigenvalue weighted by Crippen LogP contribution is 2.39. The highest BCUT2D eigenvalue weighted by Gasteiger charge is 2.33. The second kappa shape index (κ2) is 13.2. The van der Waals surface area contributed by atoms with Gasteiger partial charge in [0.15, 0.2) is 6.10 Å². The molecule has 1 aliphatic carbocycles. The van der Waals surface area contributed by atoms with Gasteiger partial charge in [-0.3, -0.25) is 14.5 Å². The van der Waals surface area contributed by atoms with E-state index in [1.54, 1.807) is 0 Å². The van der Waals surface area contributed by atoms with Gasteiger partial charge in [-0.15, -0.1) is 13.2 Å². The summed E-state index contributed by atoms with van der Waals surface area (Å²) in [5.74, 6) is 5.78. The largest absolute Gasteiger partial charge is 0.573 e. The summed E-state index contributed by atoms with van der Waals surface area (Å²) in [6.45, 7) is 0.564. The van der Waals surface area contributed by atoms with Crippen LogP contribution in [0.1, 0.15) is 54.7 Å². The van der Waals surface area contributed by atoms with Gasteiger partial charge in [-0.2, -0.15) is 0 Å². The number of anilines is 2. The second-order valence-corrected chi connectivity index (χ2v) is 10.4. The molecule has 0 spiro atoms. The zero-order valence-corrected chi connectivity index (χ0v) is 23.3. The van der Waals surface area contributed by atoms with Crippen LogP contribution in [0, 0.1) is 11.8 Å². The number of methoxy groups -OCH3 is 1. The number of nitrogens with one attached hydrogen (secondary N) is 2. The normalized spacial score (nSPS) is 16.6. The van der Waals surface area contributed by atoms with Gasteiger partial charge in [0.2, 0.25) is 0 Å². The molecular weight excluding hydrogens is 539 g/mol. The molecule has 41 heavy (non-hydrogen) atoms. The molecule has 0 bridgehead atoms. The summed E-state index contributed by atoms with van der Waals surface area (Å²) >= 11 is 0. The van der Waals surface area contributed by atoms with Crippen LogP contribution in [-0.2, 0) is 20.7 Å². The Morgan fingerprint density at radius 1 is 1.17 bits per heavy atom. The number of carbonyl (C=O) groups is 2. The van der Waals surface area contributed by atoms with Crippen LogP contribution in [0.2, 0.25) is 0 Å². The molecule has 4 rings (SSSR count). The van der Waals surface area contributed by atoms with Crippen LogP contribution in [0.25, 0.3) is 0 Å². The average molecular weight is 574 g/mol. The predicted octanol–water partition coefficient (Wildman–Crippen LogP) is 5.07. The SMILES string of the molecule is COC(=O)CCc1cc(NC(=O)C2CNc3cc(OC(F)(F)F)ccc3O2)c(C#CCN(C)C)cc1C1CCCC1. The predicted molar refractivity (Wildman–Crippen MR) is 148 cm³/mol. The summed E-state index contributed by atoms with van der Waals surface area (Å²) in [5, 5.41) is 5.89. The van der Waals surface area contributed by atoms with Crippen molar-refractivity contribution >= 4 is 23.3 Å². The van der Waals surface area contributed by atoms with E-state index in [2.05, 4.69) is 27.2 Å². The first-order valence-electron chi connectivity index (χ1n) is 13.5. The molecule has 1 amide bonds. The van der Waals surface area contributed by atoms with Crippen molar-refractivity contribution in [2.45, 2.75) is 56.9 Å². The number of halogens is 3. The molecule has 1 saturated carbocycles. The number of hydrogen-bond donors (Lipinski definition) is 2. The van der Waals surface area contributed by atoms with E-state index < -0.39 is 24.1 Å². The van der Waals surface area contributed by atoms with Crippen molar-refractivity contribution in [1.82, 2.24) is 4.90 Å². The third-order valence-electron chi connectivity index (χ3n) is 7.00.